The number of benzene rings is 1. The molecule has 4 nitrogen and oxygen atoms in total. The molecule has 0 amide bonds. The molecular weight excluding hydrogens is 378 g/mol. The molecule has 1 saturated heterocycles. The Morgan fingerprint density at radius 3 is 2.04 bits per heavy atom. The number of anilines is 2. The minimum Gasteiger partial charge on any atom is -0.387 e. The molecule has 1 aromatic carbocycles. The van der Waals surface area contributed by atoms with Crippen molar-refractivity contribution < 1.29 is 5.11 Å². The van der Waals surface area contributed by atoms with Crippen molar-refractivity contribution in [1.82, 2.24) is 4.98 Å². The van der Waals surface area contributed by atoms with Crippen molar-refractivity contribution in [2.24, 2.45) is 5.92 Å². The summed E-state index contributed by atoms with van der Waals surface area (Å²) in [5.74, 6) is 0.461. The zero-order valence-corrected chi connectivity index (χ0v) is 16.5. The van der Waals surface area contributed by atoms with Crippen LogP contribution in [0.2, 0.25) is 0 Å². The first-order chi connectivity index (χ1) is 12.0. The van der Waals surface area contributed by atoms with Gasteiger partial charge in [0.1, 0.15) is 0 Å². The fraction of sp³-hybridized carbons (Fsp3) is 0.450. The summed E-state index contributed by atoms with van der Waals surface area (Å²) in [6.45, 7) is 8.18. The largest absolute Gasteiger partial charge is 0.387 e. The number of rotatable bonds is 5. The normalized spacial score (nSPS) is 16.4. The summed E-state index contributed by atoms with van der Waals surface area (Å²) in [7, 11) is 0. The van der Waals surface area contributed by atoms with E-state index in [1.54, 1.807) is 0 Å². The maximum Gasteiger partial charge on any atom is 0.0962 e. The lowest BCUT2D eigenvalue weighted by Crippen LogP contribution is -2.46. The molecule has 3 rings (SSSR count). The van der Waals surface area contributed by atoms with Crippen molar-refractivity contribution in [1.29, 1.82) is 0 Å². The number of nitrogens with zero attached hydrogens (tertiary/aromatic N) is 3. The SMILES string of the molecule is CC(C)CC(O)c1ccc(N2CCN(c3ccc(Br)cc3)CC2)cn1. The number of pyridine rings is 1. The van der Waals surface area contributed by atoms with Gasteiger partial charge in [-0.1, -0.05) is 29.8 Å². The average Bonchev–Trinajstić information content (AvgIpc) is 2.62. The van der Waals surface area contributed by atoms with Gasteiger partial charge in [-0.15, -0.1) is 0 Å². The third kappa shape index (κ3) is 4.73. The molecule has 134 valence electrons. The first kappa shape index (κ1) is 18.2. The number of aliphatic hydroxyl groups is 1. The Balaban J connectivity index is 1.58. The minimum absolute atomic E-state index is 0.461. The first-order valence-corrected chi connectivity index (χ1v) is 9.71. The van der Waals surface area contributed by atoms with Crippen molar-refractivity contribution in [3.05, 3.63) is 52.8 Å². The Morgan fingerprint density at radius 1 is 0.960 bits per heavy atom. The van der Waals surface area contributed by atoms with Gasteiger partial charge in [0.25, 0.3) is 0 Å². The van der Waals surface area contributed by atoms with E-state index in [2.05, 4.69) is 74.9 Å². The fourth-order valence-corrected chi connectivity index (χ4v) is 3.49. The van der Waals surface area contributed by atoms with Gasteiger partial charge in [-0.2, -0.15) is 0 Å². The van der Waals surface area contributed by atoms with Gasteiger partial charge in [-0.05, 0) is 48.7 Å². The Hall–Kier alpha value is -1.59. The summed E-state index contributed by atoms with van der Waals surface area (Å²) >= 11 is 3.49. The van der Waals surface area contributed by atoms with Crippen LogP contribution in [-0.4, -0.2) is 36.3 Å². The van der Waals surface area contributed by atoms with Crippen molar-refractivity contribution in [2.45, 2.75) is 26.4 Å². The van der Waals surface area contributed by atoms with Gasteiger partial charge in [0.05, 0.1) is 23.7 Å². The zero-order valence-electron chi connectivity index (χ0n) is 14.9. The Kier molecular flexibility index (Phi) is 5.97. The predicted molar refractivity (Wildman–Crippen MR) is 107 cm³/mol. The van der Waals surface area contributed by atoms with E-state index in [4.69, 9.17) is 0 Å². The highest BCUT2D eigenvalue weighted by atomic mass is 79.9. The number of halogens is 1. The summed E-state index contributed by atoms with van der Waals surface area (Å²) in [6.07, 6.45) is 2.18. The van der Waals surface area contributed by atoms with Crippen LogP contribution in [0.25, 0.3) is 0 Å². The van der Waals surface area contributed by atoms with E-state index in [0.717, 1.165) is 48.5 Å². The second-order valence-corrected chi connectivity index (χ2v) is 7.95. The predicted octanol–water partition coefficient (Wildman–Crippen LogP) is 4.25. The third-order valence-electron chi connectivity index (χ3n) is 4.64. The van der Waals surface area contributed by atoms with Gasteiger partial charge in [0.2, 0.25) is 0 Å². The van der Waals surface area contributed by atoms with Crippen molar-refractivity contribution in [2.75, 3.05) is 36.0 Å². The van der Waals surface area contributed by atoms with Crippen LogP contribution in [0.5, 0.6) is 0 Å². The van der Waals surface area contributed by atoms with E-state index in [1.165, 1.54) is 5.69 Å². The van der Waals surface area contributed by atoms with Gasteiger partial charge < -0.3 is 14.9 Å². The quantitative estimate of drug-likeness (QED) is 0.809. The van der Waals surface area contributed by atoms with Crippen molar-refractivity contribution in [3.8, 4) is 0 Å². The molecule has 0 saturated carbocycles. The van der Waals surface area contributed by atoms with E-state index in [1.807, 2.05) is 12.3 Å². The molecule has 0 spiro atoms. The molecule has 1 atom stereocenters. The van der Waals surface area contributed by atoms with Gasteiger partial charge >= 0.3 is 0 Å². The van der Waals surface area contributed by atoms with E-state index in [9.17, 15) is 5.11 Å². The number of piperazine rings is 1. The maximum atomic E-state index is 10.2. The molecule has 5 heteroatoms. The van der Waals surface area contributed by atoms with Crippen LogP contribution in [0, 0.1) is 5.92 Å². The van der Waals surface area contributed by atoms with Crippen molar-refractivity contribution in [3.63, 3.8) is 0 Å². The molecule has 1 aliphatic heterocycles. The molecule has 1 aromatic heterocycles. The lowest BCUT2D eigenvalue weighted by Gasteiger charge is -2.37. The summed E-state index contributed by atoms with van der Waals surface area (Å²) < 4.78 is 1.11. The average molecular weight is 404 g/mol. The van der Waals surface area contributed by atoms with Crippen LogP contribution in [0.4, 0.5) is 11.4 Å². The summed E-state index contributed by atoms with van der Waals surface area (Å²) in [4.78, 5) is 9.26. The van der Waals surface area contributed by atoms with Crippen LogP contribution in [0.1, 0.15) is 32.1 Å². The van der Waals surface area contributed by atoms with Crippen LogP contribution in [-0.2, 0) is 0 Å². The Labute approximate surface area is 158 Å². The Bertz CT molecular complexity index is 664. The fourth-order valence-electron chi connectivity index (χ4n) is 3.22. The molecule has 1 fully saturated rings. The molecule has 2 aromatic rings. The monoisotopic (exact) mass is 403 g/mol. The minimum atomic E-state index is -0.469. The molecule has 0 aliphatic carbocycles. The Morgan fingerprint density at radius 2 is 1.52 bits per heavy atom. The smallest absolute Gasteiger partial charge is 0.0962 e. The highest BCUT2D eigenvalue weighted by Gasteiger charge is 2.18. The van der Waals surface area contributed by atoms with Gasteiger partial charge in [-0.25, -0.2) is 0 Å². The van der Waals surface area contributed by atoms with E-state index < -0.39 is 6.10 Å². The van der Waals surface area contributed by atoms with Gasteiger partial charge in [-0.3, -0.25) is 4.98 Å². The molecule has 0 bridgehead atoms. The zero-order chi connectivity index (χ0) is 17.8. The summed E-state index contributed by atoms with van der Waals surface area (Å²) in [6, 6.07) is 12.5. The van der Waals surface area contributed by atoms with E-state index in [0.29, 0.717) is 5.92 Å². The van der Waals surface area contributed by atoms with E-state index in [-0.39, 0.29) is 0 Å². The highest BCUT2D eigenvalue weighted by molar-refractivity contribution is 9.10. The number of hydrogen-bond acceptors (Lipinski definition) is 4. The molecule has 2 heterocycles. The molecule has 25 heavy (non-hydrogen) atoms. The summed E-state index contributed by atoms with van der Waals surface area (Å²) in [5.41, 5.74) is 3.18. The molecule has 0 radical (unpaired) electrons. The number of hydrogen-bond donors (Lipinski definition) is 1. The molecule has 1 unspecified atom stereocenters. The summed E-state index contributed by atoms with van der Waals surface area (Å²) in [5, 5.41) is 10.2. The lowest BCUT2D eigenvalue weighted by molar-refractivity contribution is 0.146. The lowest BCUT2D eigenvalue weighted by atomic mass is 10.0. The van der Waals surface area contributed by atoms with Crippen LogP contribution in [0.15, 0.2) is 47.1 Å². The van der Waals surface area contributed by atoms with Crippen LogP contribution < -0.4 is 9.80 Å². The second-order valence-electron chi connectivity index (χ2n) is 7.04. The number of aliphatic hydroxyl groups excluding tert-OH is 1. The van der Waals surface area contributed by atoms with Crippen LogP contribution >= 0.6 is 15.9 Å². The van der Waals surface area contributed by atoms with Crippen molar-refractivity contribution >= 4 is 27.3 Å². The van der Waals surface area contributed by atoms with Gasteiger partial charge in [0.15, 0.2) is 0 Å². The van der Waals surface area contributed by atoms with Crippen LogP contribution in [0.3, 0.4) is 0 Å². The molecule has 1 aliphatic rings. The topological polar surface area (TPSA) is 39.6 Å². The first-order valence-electron chi connectivity index (χ1n) is 8.92. The standard InChI is InChI=1S/C20H26BrN3O/c1-15(2)13-20(25)19-8-7-18(14-22-19)24-11-9-23(10-12-24)17-5-3-16(21)4-6-17/h3-8,14-15,20,25H,9-13H2,1-2H3. The molecular formula is C20H26BrN3O. The highest BCUT2D eigenvalue weighted by Crippen LogP contribution is 2.24. The number of aromatic nitrogens is 1. The molecule has 1 N–H and O–H groups in total. The van der Waals surface area contributed by atoms with E-state index >= 15 is 0 Å². The second kappa shape index (κ2) is 8.19. The maximum absolute atomic E-state index is 10.2. The van der Waals surface area contributed by atoms with Gasteiger partial charge in [0, 0.05) is 36.3 Å². The third-order valence-corrected chi connectivity index (χ3v) is 5.17.